The normalized spacial score (nSPS) is 24.6. The Balaban J connectivity index is 1.77. The molecule has 0 amide bonds. The summed E-state index contributed by atoms with van der Waals surface area (Å²) in [6.07, 6.45) is 3.31. The highest BCUT2D eigenvalue weighted by molar-refractivity contribution is 7.89. The lowest BCUT2D eigenvalue weighted by Gasteiger charge is -2.13. The van der Waals surface area contributed by atoms with Gasteiger partial charge in [-0.25, -0.2) is 13.1 Å². The van der Waals surface area contributed by atoms with Gasteiger partial charge in [-0.2, -0.15) is 0 Å². The van der Waals surface area contributed by atoms with Crippen LogP contribution in [0.3, 0.4) is 0 Å². The van der Waals surface area contributed by atoms with Gasteiger partial charge in [0.1, 0.15) is 0 Å². The van der Waals surface area contributed by atoms with Crippen molar-refractivity contribution in [3.05, 3.63) is 29.8 Å². The Morgan fingerprint density at radius 1 is 1.25 bits per heavy atom. The van der Waals surface area contributed by atoms with E-state index >= 15 is 0 Å². The van der Waals surface area contributed by atoms with Gasteiger partial charge in [-0.15, -0.1) is 0 Å². The summed E-state index contributed by atoms with van der Waals surface area (Å²) >= 11 is 0. The molecule has 1 unspecified atom stereocenters. The van der Waals surface area contributed by atoms with E-state index in [0.29, 0.717) is 17.5 Å². The van der Waals surface area contributed by atoms with Crippen molar-refractivity contribution in [2.45, 2.75) is 56.6 Å². The molecule has 1 aromatic rings. The van der Waals surface area contributed by atoms with Crippen LogP contribution in [-0.2, 0) is 16.6 Å². The van der Waals surface area contributed by atoms with E-state index in [1.165, 1.54) is 12.8 Å². The Morgan fingerprint density at radius 2 is 1.90 bits per heavy atom. The topological polar surface area (TPSA) is 58.2 Å². The molecule has 110 valence electrons. The third kappa shape index (κ3) is 3.05. The van der Waals surface area contributed by atoms with Crippen LogP contribution in [0.4, 0.5) is 0 Å². The molecule has 1 atom stereocenters. The van der Waals surface area contributed by atoms with Crippen molar-refractivity contribution in [1.82, 2.24) is 10.0 Å². The summed E-state index contributed by atoms with van der Waals surface area (Å²) in [5, 5.41) is 3.38. The summed E-state index contributed by atoms with van der Waals surface area (Å²) in [6.45, 7) is 4.79. The smallest absolute Gasteiger partial charge is 0.241 e. The number of rotatable bonds is 6. The highest BCUT2D eigenvalue weighted by atomic mass is 32.2. The molecular formula is C15H22N2O2S. The molecule has 0 aromatic heterocycles. The van der Waals surface area contributed by atoms with E-state index in [1.54, 1.807) is 12.1 Å². The van der Waals surface area contributed by atoms with Crippen LogP contribution in [0.25, 0.3) is 0 Å². The van der Waals surface area contributed by atoms with E-state index in [0.717, 1.165) is 12.0 Å². The quantitative estimate of drug-likeness (QED) is 0.844. The zero-order valence-corrected chi connectivity index (χ0v) is 12.8. The van der Waals surface area contributed by atoms with E-state index in [9.17, 15) is 8.42 Å². The minimum Gasteiger partial charge on any atom is -0.310 e. The van der Waals surface area contributed by atoms with Crippen LogP contribution in [0.5, 0.6) is 0 Å². The van der Waals surface area contributed by atoms with Crippen molar-refractivity contribution in [3.8, 4) is 0 Å². The maximum absolute atomic E-state index is 12.5. The van der Waals surface area contributed by atoms with Crippen LogP contribution in [0.1, 0.15) is 38.7 Å². The van der Waals surface area contributed by atoms with Gasteiger partial charge in [-0.3, -0.25) is 0 Å². The monoisotopic (exact) mass is 294 g/mol. The Kier molecular flexibility index (Phi) is 3.39. The van der Waals surface area contributed by atoms with Gasteiger partial charge in [0.15, 0.2) is 0 Å². The van der Waals surface area contributed by atoms with Gasteiger partial charge in [-0.05, 0) is 36.3 Å². The number of hydrogen-bond donors (Lipinski definition) is 2. The van der Waals surface area contributed by atoms with Crippen molar-refractivity contribution in [1.29, 1.82) is 0 Å². The zero-order valence-electron chi connectivity index (χ0n) is 12.0. The summed E-state index contributed by atoms with van der Waals surface area (Å²) in [5.41, 5.74) is 0.944. The average Bonchev–Trinajstić information content (AvgIpc) is 3.27. The van der Waals surface area contributed by atoms with Gasteiger partial charge in [0, 0.05) is 18.6 Å². The van der Waals surface area contributed by atoms with Gasteiger partial charge in [-0.1, -0.05) is 32.0 Å². The first-order chi connectivity index (χ1) is 9.38. The van der Waals surface area contributed by atoms with Crippen molar-refractivity contribution in [2.75, 3.05) is 0 Å². The standard InChI is InChI=1S/C15H22N2O2S/c1-15(2)9-14(15)17-20(18,19)13-6-4-3-5-11(13)10-16-12-7-8-12/h3-6,12,14,16-17H,7-10H2,1-2H3. The fraction of sp³-hybridized carbons (Fsp3) is 0.600. The first kappa shape index (κ1) is 14.0. The number of sulfonamides is 1. The van der Waals surface area contributed by atoms with Crippen LogP contribution in [0, 0.1) is 5.41 Å². The predicted octanol–water partition coefficient (Wildman–Crippen LogP) is 2.02. The van der Waals surface area contributed by atoms with Crippen molar-refractivity contribution < 1.29 is 8.42 Å². The molecule has 2 aliphatic carbocycles. The van der Waals surface area contributed by atoms with Crippen LogP contribution in [0.15, 0.2) is 29.2 Å². The van der Waals surface area contributed by atoms with Gasteiger partial charge in [0.25, 0.3) is 0 Å². The molecule has 1 aromatic carbocycles. The van der Waals surface area contributed by atoms with Gasteiger partial charge in [0.2, 0.25) is 10.0 Å². The van der Waals surface area contributed by atoms with Crippen LogP contribution in [-0.4, -0.2) is 20.5 Å². The molecule has 5 heteroatoms. The molecule has 0 bridgehead atoms. The zero-order chi connectivity index (χ0) is 14.4. The molecule has 2 N–H and O–H groups in total. The fourth-order valence-corrected chi connectivity index (χ4v) is 4.02. The highest BCUT2D eigenvalue weighted by Gasteiger charge is 2.48. The fourth-order valence-electron chi connectivity index (χ4n) is 2.37. The minimum atomic E-state index is -3.42. The molecule has 0 heterocycles. The van der Waals surface area contributed by atoms with E-state index in [4.69, 9.17) is 0 Å². The summed E-state index contributed by atoms with van der Waals surface area (Å²) in [6, 6.07) is 7.90. The molecule has 0 spiro atoms. The predicted molar refractivity (Wildman–Crippen MR) is 78.8 cm³/mol. The summed E-state index contributed by atoms with van der Waals surface area (Å²) in [5.74, 6) is 0. The van der Waals surface area contributed by atoms with E-state index in [2.05, 4.69) is 23.9 Å². The molecule has 2 saturated carbocycles. The first-order valence-electron chi connectivity index (χ1n) is 7.22. The number of hydrogen-bond acceptors (Lipinski definition) is 3. The number of nitrogens with one attached hydrogen (secondary N) is 2. The van der Waals surface area contributed by atoms with E-state index < -0.39 is 10.0 Å². The highest BCUT2D eigenvalue weighted by Crippen LogP contribution is 2.45. The van der Waals surface area contributed by atoms with Crippen molar-refractivity contribution in [2.24, 2.45) is 5.41 Å². The number of benzene rings is 1. The second kappa shape index (κ2) is 4.83. The molecule has 3 rings (SSSR count). The second-order valence-corrected chi connectivity index (χ2v) is 8.31. The van der Waals surface area contributed by atoms with Crippen LogP contribution in [0.2, 0.25) is 0 Å². The van der Waals surface area contributed by atoms with E-state index in [1.807, 2.05) is 12.1 Å². The van der Waals surface area contributed by atoms with Gasteiger partial charge >= 0.3 is 0 Å². The molecule has 2 fully saturated rings. The molecule has 0 radical (unpaired) electrons. The maximum Gasteiger partial charge on any atom is 0.241 e. The lowest BCUT2D eigenvalue weighted by Crippen LogP contribution is -2.30. The summed E-state index contributed by atoms with van der Waals surface area (Å²) in [7, 11) is -3.42. The Hall–Kier alpha value is -0.910. The van der Waals surface area contributed by atoms with Gasteiger partial charge in [0.05, 0.1) is 4.90 Å². The summed E-state index contributed by atoms with van der Waals surface area (Å²) in [4.78, 5) is 0.413. The SMILES string of the molecule is CC1(C)CC1NS(=O)(=O)c1ccccc1CNC1CC1. The third-order valence-corrected chi connectivity index (χ3v) is 5.80. The summed E-state index contributed by atoms with van der Waals surface area (Å²) < 4.78 is 27.9. The average molecular weight is 294 g/mol. The first-order valence-corrected chi connectivity index (χ1v) is 8.70. The molecule has 0 saturated heterocycles. The lowest BCUT2D eigenvalue weighted by molar-refractivity contribution is 0.553. The lowest BCUT2D eigenvalue weighted by atomic mass is 10.2. The van der Waals surface area contributed by atoms with Crippen molar-refractivity contribution >= 4 is 10.0 Å². The van der Waals surface area contributed by atoms with E-state index in [-0.39, 0.29) is 11.5 Å². The molecular weight excluding hydrogens is 272 g/mol. The molecule has 2 aliphatic rings. The largest absolute Gasteiger partial charge is 0.310 e. The van der Waals surface area contributed by atoms with Crippen LogP contribution >= 0.6 is 0 Å². The van der Waals surface area contributed by atoms with Crippen LogP contribution < -0.4 is 10.0 Å². The third-order valence-electron chi connectivity index (χ3n) is 4.23. The van der Waals surface area contributed by atoms with Crippen molar-refractivity contribution in [3.63, 3.8) is 0 Å². The molecule has 0 aliphatic heterocycles. The molecule has 4 nitrogen and oxygen atoms in total. The molecule has 20 heavy (non-hydrogen) atoms. The second-order valence-electron chi connectivity index (χ2n) is 6.63. The minimum absolute atomic E-state index is 0.0666. The van der Waals surface area contributed by atoms with Gasteiger partial charge < -0.3 is 5.32 Å². The Morgan fingerprint density at radius 3 is 2.50 bits per heavy atom. The maximum atomic E-state index is 12.5. The Bertz CT molecular complexity index is 606. The Labute approximate surface area is 121 Å².